The number of rotatable bonds is 12. The van der Waals surface area contributed by atoms with Crippen LogP contribution in [-0.2, 0) is 0 Å². The van der Waals surface area contributed by atoms with E-state index in [1.807, 2.05) is 0 Å². The summed E-state index contributed by atoms with van der Waals surface area (Å²) in [6.07, 6.45) is 13.0. The molecule has 98 valence electrons. The van der Waals surface area contributed by atoms with Gasteiger partial charge < -0.3 is 5.11 Å². The van der Waals surface area contributed by atoms with Crippen LogP contribution in [0.15, 0.2) is 0 Å². The van der Waals surface area contributed by atoms with Crippen LogP contribution in [0.2, 0.25) is 0 Å². The highest BCUT2D eigenvalue weighted by Crippen LogP contribution is 2.16. The molecule has 0 amide bonds. The Bertz CT molecular complexity index is 128. The molecule has 0 aromatic rings. The average Bonchev–Trinajstić information content (AvgIpc) is 2.27. The molecule has 1 N–H and O–H groups in total. The topological polar surface area (TPSA) is 20.2 Å². The van der Waals surface area contributed by atoms with Gasteiger partial charge in [0.1, 0.15) is 0 Å². The summed E-state index contributed by atoms with van der Waals surface area (Å²) in [6.45, 7) is 4.39. The van der Waals surface area contributed by atoms with Crippen molar-refractivity contribution in [3.8, 4) is 0 Å². The molecule has 0 aliphatic carbocycles. The van der Waals surface area contributed by atoms with E-state index in [-0.39, 0.29) is 5.44 Å². The normalized spacial score (nSPS) is 12.9. The zero-order chi connectivity index (χ0) is 12.1. The first-order valence-electron chi connectivity index (χ1n) is 7.11. The highest BCUT2D eigenvalue weighted by atomic mass is 32.2. The molecule has 16 heavy (non-hydrogen) atoms. The molecule has 0 bridgehead atoms. The van der Waals surface area contributed by atoms with Gasteiger partial charge in [0.15, 0.2) is 0 Å². The van der Waals surface area contributed by atoms with Crippen molar-refractivity contribution in [2.45, 2.75) is 83.5 Å². The Kier molecular flexibility index (Phi) is 13.6. The maximum atomic E-state index is 9.51. The Morgan fingerprint density at radius 2 is 1.38 bits per heavy atom. The Balaban J connectivity index is 2.98. The van der Waals surface area contributed by atoms with Crippen molar-refractivity contribution < 1.29 is 5.11 Å². The average molecular weight is 246 g/mol. The minimum absolute atomic E-state index is 0.116. The lowest BCUT2D eigenvalue weighted by Gasteiger charge is -2.08. The maximum Gasteiger partial charge on any atom is 0.0992 e. The van der Waals surface area contributed by atoms with Crippen LogP contribution in [0.3, 0.4) is 0 Å². The van der Waals surface area contributed by atoms with E-state index in [2.05, 4.69) is 13.8 Å². The maximum absolute atomic E-state index is 9.51. The molecule has 0 spiro atoms. The van der Waals surface area contributed by atoms with E-state index in [1.54, 1.807) is 11.8 Å². The molecule has 0 saturated carbocycles. The number of aliphatic hydroxyl groups is 1. The summed E-state index contributed by atoms with van der Waals surface area (Å²) in [6, 6.07) is 0. The molecule has 0 aliphatic heterocycles. The Hall–Kier alpha value is 0.310. The molecule has 0 aromatic carbocycles. The van der Waals surface area contributed by atoms with Gasteiger partial charge in [0.2, 0.25) is 0 Å². The smallest absolute Gasteiger partial charge is 0.0992 e. The standard InChI is InChI=1S/C14H30OS/c1-3-5-6-7-8-9-10-11-13-16-14(15)12-4-2/h14-15H,3-13H2,1-2H3. The van der Waals surface area contributed by atoms with Crippen molar-refractivity contribution in [2.24, 2.45) is 0 Å². The first-order valence-corrected chi connectivity index (χ1v) is 8.15. The molecule has 1 nitrogen and oxygen atoms in total. The highest BCUT2D eigenvalue weighted by Gasteiger charge is 2.01. The van der Waals surface area contributed by atoms with Crippen LogP contribution in [0.25, 0.3) is 0 Å². The minimum Gasteiger partial charge on any atom is -0.382 e. The summed E-state index contributed by atoms with van der Waals surface area (Å²) in [7, 11) is 0. The summed E-state index contributed by atoms with van der Waals surface area (Å²) in [5.74, 6) is 1.14. The largest absolute Gasteiger partial charge is 0.382 e. The van der Waals surface area contributed by atoms with Gasteiger partial charge in [0.05, 0.1) is 5.44 Å². The SMILES string of the molecule is CCCCCCCCCCSC(O)CCC. The van der Waals surface area contributed by atoms with Crippen molar-refractivity contribution in [1.82, 2.24) is 0 Å². The fourth-order valence-corrected chi connectivity index (χ4v) is 2.83. The van der Waals surface area contributed by atoms with Crippen molar-refractivity contribution in [3.63, 3.8) is 0 Å². The number of hydrogen-bond acceptors (Lipinski definition) is 2. The van der Waals surface area contributed by atoms with Gasteiger partial charge in [-0.1, -0.05) is 65.2 Å². The lowest BCUT2D eigenvalue weighted by atomic mass is 10.1. The van der Waals surface area contributed by atoms with E-state index >= 15 is 0 Å². The van der Waals surface area contributed by atoms with Gasteiger partial charge in [-0.2, -0.15) is 0 Å². The zero-order valence-corrected chi connectivity index (χ0v) is 12.0. The van der Waals surface area contributed by atoms with Crippen molar-refractivity contribution in [2.75, 3.05) is 5.75 Å². The summed E-state index contributed by atoms with van der Waals surface area (Å²) in [5, 5.41) is 9.51. The van der Waals surface area contributed by atoms with E-state index in [4.69, 9.17) is 0 Å². The molecular weight excluding hydrogens is 216 g/mol. The Morgan fingerprint density at radius 3 is 1.94 bits per heavy atom. The van der Waals surface area contributed by atoms with Gasteiger partial charge in [-0.25, -0.2) is 0 Å². The van der Waals surface area contributed by atoms with Gasteiger partial charge in [-0.05, 0) is 18.6 Å². The molecule has 2 heteroatoms. The molecule has 0 fully saturated rings. The van der Waals surface area contributed by atoms with Crippen LogP contribution in [0, 0.1) is 0 Å². The number of hydrogen-bond donors (Lipinski definition) is 1. The van der Waals surface area contributed by atoms with Crippen molar-refractivity contribution in [3.05, 3.63) is 0 Å². The van der Waals surface area contributed by atoms with E-state index in [9.17, 15) is 5.11 Å². The van der Waals surface area contributed by atoms with Gasteiger partial charge in [0, 0.05) is 0 Å². The van der Waals surface area contributed by atoms with Crippen LogP contribution < -0.4 is 0 Å². The predicted molar refractivity (Wildman–Crippen MR) is 76.0 cm³/mol. The first-order chi connectivity index (χ1) is 7.81. The quantitative estimate of drug-likeness (QED) is 0.387. The summed E-state index contributed by atoms with van der Waals surface area (Å²) >= 11 is 1.73. The van der Waals surface area contributed by atoms with Crippen LogP contribution in [0.1, 0.15) is 78.1 Å². The van der Waals surface area contributed by atoms with E-state index < -0.39 is 0 Å². The van der Waals surface area contributed by atoms with Gasteiger partial charge in [-0.3, -0.25) is 0 Å². The third-order valence-corrected chi connectivity index (χ3v) is 3.99. The first kappa shape index (κ1) is 16.3. The van der Waals surface area contributed by atoms with Gasteiger partial charge in [0.25, 0.3) is 0 Å². The number of aliphatic hydroxyl groups excluding tert-OH is 1. The molecule has 0 aliphatic rings. The second kappa shape index (κ2) is 13.4. The monoisotopic (exact) mass is 246 g/mol. The molecule has 0 rings (SSSR count). The molecule has 0 radical (unpaired) electrons. The van der Waals surface area contributed by atoms with Crippen molar-refractivity contribution >= 4 is 11.8 Å². The molecule has 0 heterocycles. The highest BCUT2D eigenvalue weighted by molar-refractivity contribution is 7.99. The fraction of sp³-hybridized carbons (Fsp3) is 1.00. The number of unbranched alkanes of at least 4 members (excludes halogenated alkanes) is 7. The molecule has 0 aromatic heterocycles. The second-order valence-corrected chi connectivity index (χ2v) is 5.87. The third-order valence-electron chi connectivity index (χ3n) is 2.84. The van der Waals surface area contributed by atoms with E-state index in [0.29, 0.717) is 0 Å². The summed E-state index contributed by atoms with van der Waals surface area (Å²) in [5.41, 5.74) is -0.116. The predicted octanol–water partition coefficient (Wildman–Crippen LogP) is 4.98. The van der Waals surface area contributed by atoms with Gasteiger partial charge >= 0.3 is 0 Å². The van der Waals surface area contributed by atoms with Crippen LogP contribution in [0.5, 0.6) is 0 Å². The van der Waals surface area contributed by atoms with E-state index in [1.165, 1.54) is 51.4 Å². The third kappa shape index (κ3) is 12.4. The van der Waals surface area contributed by atoms with E-state index in [0.717, 1.165) is 18.6 Å². The number of thioether (sulfide) groups is 1. The molecular formula is C14H30OS. The Morgan fingerprint density at radius 1 is 0.812 bits per heavy atom. The minimum atomic E-state index is -0.116. The summed E-state index contributed by atoms with van der Waals surface area (Å²) < 4.78 is 0. The van der Waals surface area contributed by atoms with Crippen LogP contribution in [-0.4, -0.2) is 16.3 Å². The Labute approximate surface area is 106 Å². The van der Waals surface area contributed by atoms with Crippen molar-refractivity contribution in [1.29, 1.82) is 0 Å². The van der Waals surface area contributed by atoms with Gasteiger partial charge in [-0.15, -0.1) is 11.8 Å². The molecule has 1 unspecified atom stereocenters. The van der Waals surface area contributed by atoms with Crippen LogP contribution >= 0.6 is 11.8 Å². The second-order valence-electron chi connectivity index (χ2n) is 4.59. The fourth-order valence-electron chi connectivity index (χ4n) is 1.79. The lowest BCUT2D eigenvalue weighted by Crippen LogP contribution is -2.00. The molecule has 1 atom stereocenters. The lowest BCUT2D eigenvalue weighted by molar-refractivity contribution is 0.251. The molecule has 0 saturated heterocycles. The zero-order valence-electron chi connectivity index (χ0n) is 11.2. The summed E-state index contributed by atoms with van der Waals surface area (Å²) in [4.78, 5) is 0. The van der Waals surface area contributed by atoms with Crippen LogP contribution in [0.4, 0.5) is 0 Å².